The summed E-state index contributed by atoms with van der Waals surface area (Å²) in [5.41, 5.74) is 3.08. The lowest BCUT2D eigenvalue weighted by Gasteiger charge is -2.15. The average Bonchev–Trinajstić information content (AvgIpc) is 2.77. The molecular weight excluding hydrogens is 408 g/mol. The number of ether oxygens (including phenoxy) is 1. The zero-order valence-electron chi connectivity index (χ0n) is 19.3. The normalized spacial score (nSPS) is 11.0. The Bertz CT molecular complexity index is 1260. The van der Waals surface area contributed by atoms with Crippen molar-refractivity contribution >= 4 is 16.9 Å². The Kier molecular flexibility index (Phi) is 7.12. The van der Waals surface area contributed by atoms with Crippen molar-refractivity contribution in [2.45, 2.75) is 40.0 Å². The Hall–Kier alpha value is -3.42. The van der Waals surface area contributed by atoms with Crippen molar-refractivity contribution in [2.24, 2.45) is 14.1 Å². The van der Waals surface area contributed by atoms with Crippen molar-refractivity contribution < 1.29 is 9.53 Å². The number of hydrogen-bond acceptors (Lipinski definition) is 5. The third-order valence-corrected chi connectivity index (χ3v) is 5.74. The van der Waals surface area contributed by atoms with Gasteiger partial charge >= 0.3 is 5.69 Å². The number of aryl methyl sites for hydroxylation is 3. The zero-order chi connectivity index (χ0) is 23.4. The van der Waals surface area contributed by atoms with Crippen LogP contribution in [0.4, 0.5) is 0 Å². The Morgan fingerprint density at radius 3 is 2.41 bits per heavy atom. The number of benzene rings is 1. The van der Waals surface area contributed by atoms with E-state index in [1.807, 2.05) is 45.0 Å². The van der Waals surface area contributed by atoms with E-state index in [-0.39, 0.29) is 11.5 Å². The van der Waals surface area contributed by atoms with E-state index in [2.05, 4.69) is 10.3 Å². The molecule has 3 aromatic rings. The van der Waals surface area contributed by atoms with Crippen molar-refractivity contribution in [1.29, 1.82) is 0 Å². The number of hydrogen-bond donors (Lipinski definition) is 1. The average molecular weight is 439 g/mol. The van der Waals surface area contributed by atoms with Gasteiger partial charge in [0.1, 0.15) is 11.4 Å². The molecular formula is C24H30N4O4. The first kappa shape index (κ1) is 23.2. The van der Waals surface area contributed by atoms with Gasteiger partial charge in [-0.25, -0.2) is 9.78 Å². The summed E-state index contributed by atoms with van der Waals surface area (Å²) in [5.74, 6) is 0.785. The van der Waals surface area contributed by atoms with Crippen LogP contribution in [0.3, 0.4) is 0 Å². The number of carbonyl (C=O) groups excluding carboxylic acids is 1. The fraction of sp³-hybridized carbons (Fsp3) is 0.417. The predicted octanol–water partition coefficient (Wildman–Crippen LogP) is 1.94. The number of nitrogens with one attached hydrogen (secondary N) is 1. The summed E-state index contributed by atoms with van der Waals surface area (Å²) in [6.07, 6.45) is 1.50. The van der Waals surface area contributed by atoms with Gasteiger partial charge in [0.05, 0.1) is 12.0 Å². The van der Waals surface area contributed by atoms with Crippen LogP contribution in [0.2, 0.25) is 0 Å². The Labute approximate surface area is 186 Å². The van der Waals surface area contributed by atoms with Crippen LogP contribution in [-0.4, -0.2) is 33.2 Å². The molecule has 2 heterocycles. The number of carbonyl (C=O) groups is 1. The summed E-state index contributed by atoms with van der Waals surface area (Å²) in [4.78, 5) is 41.8. The Balaban J connectivity index is 1.66. The van der Waals surface area contributed by atoms with Crippen LogP contribution in [0.5, 0.6) is 5.75 Å². The van der Waals surface area contributed by atoms with Crippen molar-refractivity contribution in [3.63, 3.8) is 0 Å². The Morgan fingerprint density at radius 1 is 1.06 bits per heavy atom. The quantitative estimate of drug-likeness (QED) is 0.580. The lowest BCUT2D eigenvalue weighted by atomic mass is 10.00. The van der Waals surface area contributed by atoms with Gasteiger partial charge in [-0.3, -0.25) is 18.7 Å². The van der Waals surface area contributed by atoms with E-state index in [9.17, 15) is 14.4 Å². The van der Waals surface area contributed by atoms with Gasteiger partial charge in [0.2, 0.25) is 5.91 Å². The highest BCUT2D eigenvalue weighted by Crippen LogP contribution is 2.20. The number of fused-ring (bicyclic) bond motifs is 1. The molecule has 0 fully saturated rings. The van der Waals surface area contributed by atoms with Crippen LogP contribution in [0.1, 0.15) is 35.7 Å². The monoisotopic (exact) mass is 438 g/mol. The van der Waals surface area contributed by atoms with Gasteiger partial charge in [-0.2, -0.15) is 0 Å². The molecule has 1 N–H and O–H groups in total. The molecule has 8 heteroatoms. The summed E-state index contributed by atoms with van der Waals surface area (Å²) in [7, 11) is 3.06. The molecule has 32 heavy (non-hydrogen) atoms. The summed E-state index contributed by atoms with van der Waals surface area (Å²) in [6, 6.07) is 7.86. The second-order valence-corrected chi connectivity index (χ2v) is 7.88. The molecule has 170 valence electrons. The van der Waals surface area contributed by atoms with Gasteiger partial charge in [-0.1, -0.05) is 12.1 Å². The van der Waals surface area contributed by atoms with E-state index in [0.717, 1.165) is 39.1 Å². The van der Waals surface area contributed by atoms with E-state index in [1.54, 1.807) is 7.05 Å². The van der Waals surface area contributed by atoms with Crippen molar-refractivity contribution in [1.82, 2.24) is 19.4 Å². The van der Waals surface area contributed by atoms with Crippen LogP contribution < -0.4 is 21.3 Å². The fourth-order valence-electron chi connectivity index (χ4n) is 3.90. The van der Waals surface area contributed by atoms with Gasteiger partial charge in [0.15, 0.2) is 0 Å². The minimum Gasteiger partial charge on any atom is -0.494 e. The molecule has 0 bridgehead atoms. The molecule has 1 aromatic carbocycles. The maximum Gasteiger partial charge on any atom is 0.332 e. The molecule has 1 amide bonds. The molecule has 3 rings (SSSR count). The highest BCUT2D eigenvalue weighted by molar-refractivity contribution is 5.80. The summed E-state index contributed by atoms with van der Waals surface area (Å²) in [5, 5.41) is 3.37. The first-order chi connectivity index (χ1) is 15.2. The van der Waals surface area contributed by atoms with Crippen molar-refractivity contribution in [2.75, 3.05) is 13.2 Å². The fourth-order valence-corrected chi connectivity index (χ4v) is 3.90. The minimum atomic E-state index is -0.409. The lowest BCUT2D eigenvalue weighted by Crippen LogP contribution is -2.38. The van der Waals surface area contributed by atoms with E-state index >= 15 is 0 Å². The molecule has 8 nitrogen and oxygen atoms in total. The Morgan fingerprint density at radius 2 is 1.75 bits per heavy atom. The third-order valence-electron chi connectivity index (χ3n) is 5.74. The summed E-state index contributed by atoms with van der Waals surface area (Å²) >= 11 is 0. The number of nitrogens with zero attached hydrogens (tertiary/aromatic N) is 3. The van der Waals surface area contributed by atoms with Crippen LogP contribution in [0.25, 0.3) is 11.0 Å². The lowest BCUT2D eigenvalue weighted by molar-refractivity contribution is -0.121. The highest BCUT2D eigenvalue weighted by Gasteiger charge is 2.17. The molecule has 0 saturated heterocycles. The van der Waals surface area contributed by atoms with E-state index in [0.29, 0.717) is 37.0 Å². The van der Waals surface area contributed by atoms with Gasteiger partial charge in [-0.15, -0.1) is 0 Å². The van der Waals surface area contributed by atoms with Crippen LogP contribution in [0, 0.1) is 13.8 Å². The molecule has 0 saturated carbocycles. The van der Waals surface area contributed by atoms with E-state index < -0.39 is 5.69 Å². The SMILES string of the molecule is CCOc1ccc(CCNC(=O)CCc2c(C)nc3c(c2C)c(=O)n(C)c(=O)n3C)cc1. The number of amides is 1. The first-order valence-corrected chi connectivity index (χ1v) is 10.8. The second-order valence-electron chi connectivity index (χ2n) is 7.88. The zero-order valence-corrected chi connectivity index (χ0v) is 19.3. The minimum absolute atomic E-state index is 0.0526. The predicted molar refractivity (Wildman–Crippen MR) is 124 cm³/mol. The molecule has 0 unspecified atom stereocenters. The van der Waals surface area contributed by atoms with Gasteiger partial charge < -0.3 is 10.1 Å². The van der Waals surface area contributed by atoms with Crippen LogP contribution in [-0.2, 0) is 31.7 Å². The summed E-state index contributed by atoms with van der Waals surface area (Å²) in [6.45, 7) is 6.81. The molecule has 0 radical (unpaired) electrons. The number of pyridine rings is 1. The van der Waals surface area contributed by atoms with Gasteiger partial charge in [0, 0.05) is 32.8 Å². The molecule has 0 aliphatic heterocycles. The molecule has 0 atom stereocenters. The standard InChI is InChI=1S/C24H30N4O4/c1-6-32-18-9-7-17(8-10-18)13-14-25-20(29)12-11-19-15(2)21-22(26-16(19)3)27(4)24(31)28(5)23(21)30/h7-10H,6,11-14H2,1-5H3,(H,25,29). The summed E-state index contributed by atoms with van der Waals surface area (Å²) < 4.78 is 7.91. The molecule has 2 aromatic heterocycles. The second kappa shape index (κ2) is 9.80. The molecule has 0 spiro atoms. The maximum atomic E-state index is 12.7. The van der Waals surface area contributed by atoms with Crippen LogP contribution in [0.15, 0.2) is 33.9 Å². The highest BCUT2D eigenvalue weighted by atomic mass is 16.5. The first-order valence-electron chi connectivity index (χ1n) is 10.8. The van der Waals surface area contributed by atoms with Crippen molar-refractivity contribution in [3.05, 3.63) is 67.5 Å². The van der Waals surface area contributed by atoms with E-state index in [1.165, 1.54) is 11.6 Å². The number of aromatic nitrogens is 3. The van der Waals surface area contributed by atoms with Crippen molar-refractivity contribution in [3.8, 4) is 5.75 Å². The van der Waals surface area contributed by atoms with Gasteiger partial charge in [-0.05, 0) is 62.4 Å². The number of rotatable bonds is 8. The van der Waals surface area contributed by atoms with Crippen LogP contribution >= 0.6 is 0 Å². The van der Waals surface area contributed by atoms with E-state index in [4.69, 9.17) is 4.74 Å². The largest absolute Gasteiger partial charge is 0.494 e. The topological polar surface area (TPSA) is 95.2 Å². The molecule has 0 aliphatic carbocycles. The maximum absolute atomic E-state index is 12.7. The molecule has 0 aliphatic rings. The third kappa shape index (κ3) is 4.74. The van der Waals surface area contributed by atoms with Gasteiger partial charge in [0.25, 0.3) is 5.56 Å². The smallest absolute Gasteiger partial charge is 0.332 e.